The van der Waals surface area contributed by atoms with Crippen molar-refractivity contribution in [3.63, 3.8) is 0 Å². The Balaban J connectivity index is 1.66. The molecule has 0 aromatic heterocycles. The Morgan fingerprint density at radius 1 is 0.970 bits per heavy atom. The van der Waals surface area contributed by atoms with Gasteiger partial charge >= 0.3 is 0 Å². The van der Waals surface area contributed by atoms with Gasteiger partial charge in [-0.05, 0) is 32.2 Å². The van der Waals surface area contributed by atoms with Gasteiger partial charge in [0.2, 0.25) is 0 Å². The van der Waals surface area contributed by atoms with Crippen molar-refractivity contribution in [1.29, 1.82) is 0 Å². The van der Waals surface area contributed by atoms with E-state index in [-0.39, 0.29) is 41.9 Å². The zero-order valence-electron chi connectivity index (χ0n) is 20.2. The van der Waals surface area contributed by atoms with Gasteiger partial charge in [0.1, 0.15) is 23.4 Å². The molecule has 1 saturated heterocycles. The van der Waals surface area contributed by atoms with Crippen molar-refractivity contribution < 1.29 is 39.4 Å². The number of nitrogens with zero attached hydrogens (tertiary/aromatic N) is 1. The van der Waals surface area contributed by atoms with Gasteiger partial charge in [0.05, 0.1) is 24.9 Å². The minimum atomic E-state index is -1.67. The van der Waals surface area contributed by atoms with E-state index in [1.807, 2.05) is 0 Å². The molecule has 9 heteroatoms. The summed E-state index contributed by atoms with van der Waals surface area (Å²) in [5, 5.41) is 47.3. The molecule has 5 saturated carbocycles. The van der Waals surface area contributed by atoms with Crippen LogP contribution in [0.2, 0.25) is 0 Å². The predicted molar refractivity (Wildman–Crippen MR) is 115 cm³/mol. The third kappa shape index (κ3) is 2.15. The number of aliphatic hydroxyl groups excluding tert-OH is 2. The van der Waals surface area contributed by atoms with Gasteiger partial charge in [-0.15, -0.1) is 0 Å². The summed E-state index contributed by atoms with van der Waals surface area (Å²) in [5.74, 6) is -1.44. The fraction of sp³-hybridized carbons (Fsp3) is 1.00. The van der Waals surface area contributed by atoms with Crippen LogP contribution in [0.1, 0.15) is 19.3 Å². The van der Waals surface area contributed by atoms with Crippen molar-refractivity contribution in [1.82, 2.24) is 4.90 Å². The van der Waals surface area contributed by atoms with E-state index in [2.05, 4.69) is 11.9 Å². The number of likely N-dealkylation sites (tertiary alicyclic amines) is 1. The molecule has 7 bridgehead atoms. The van der Waals surface area contributed by atoms with Crippen LogP contribution in [0.4, 0.5) is 0 Å². The second-order valence-corrected chi connectivity index (χ2v) is 11.9. The van der Waals surface area contributed by atoms with Crippen LogP contribution < -0.4 is 0 Å². The lowest BCUT2D eigenvalue weighted by molar-refractivity contribution is -0.314. The molecule has 1 aliphatic heterocycles. The van der Waals surface area contributed by atoms with Crippen molar-refractivity contribution in [2.75, 3.05) is 48.6 Å². The van der Waals surface area contributed by atoms with Crippen molar-refractivity contribution in [3.8, 4) is 0 Å². The van der Waals surface area contributed by atoms with Gasteiger partial charge in [-0.1, -0.05) is 0 Å². The fourth-order valence-electron chi connectivity index (χ4n) is 10.9. The molecule has 188 valence electrons. The molecule has 6 aliphatic rings. The highest BCUT2D eigenvalue weighted by Gasteiger charge is 2.89. The summed E-state index contributed by atoms with van der Waals surface area (Å²) in [7, 11) is 8.66. The van der Waals surface area contributed by atoms with Crippen LogP contribution in [-0.4, -0.2) is 122 Å². The third-order valence-corrected chi connectivity index (χ3v) is 11.3. The Labute approximate surface area is 194 Å². The van der Waals surface area contributed by atoms with E-state index in [0.29, 0.717) is 6.61 Å². The zero-order valence-corrected chi connectivity index (χ0v) is 20.2. The highest BCUT2D eigenvalue weighted by atomic mass is 16.5. The second kappa shape index (κ2) is 6.89. The van der Waals surface area contributed by atoms with Gasteiger partial charge in [-0.2, -0.15) is 0 Å². The number of hydrogen-bond acceptors (Lipinski definition) is 9. The van der Waals surface area contributed by atoms with Crippen LogP contribution >= 0.6 is 0 Å². The molecule has 5 aliphatic carbocycles. The quantitative estimate of drug-likeness (QED) is 0.396. The maximum Gasteiger partial charge on any atom is 0.120 e. The Morgan fingerprint density at radius 2 is 1.70 bits per heavy atom. The summed E-state index contributed by atoms with van der Waals surface area (Å²) in [5.41, 5.74) is -3.98. The van der Waals surface area contributed by atoms with Crippen molar-refractivity contribution >= 4 is 0 Å². The van der Waals surface area contributed by atoms with Gasteiger partial charge in [-0.3, -0.25) is 0 Å². The van der Waals surface area contributed by atoms with E-state index >= 15 is 0 Å². The molecule has 9 nitrogen and oxygen atoms in total. The second-order valence-electron chi connectivity index (χ2n) is 11.9. The number of fused-ring (bicyclic) bond motifs is 2. The monoisotopic (exact) mass is 469 g/mol. The summed E-state index contributed by atoms with van der Waals surface area (Å²) in [6.07, 6.45) is -2.14. The van der Waals surface area contributed by atoms with Crippen LogP contribution in [0.5, 0.6) is 0 Å². The molecule has 6 rings (SSSR count). The molecular weight excluding hydrogens is 430 g/mol. The summed E-state index contributed by atoms with van der Waals surface area (Å²) in [6.45, 7) is 1.36. The van der Waals surface area contributed by atoms with E-state index in [1.54, 1.807) is 21.3 Å². The molecule has 0 aromatic carbocycles. The Bertz CT molecular complexity index is 830. The van der Waals surface area contributed by atoms with Crippen molar-refractivity contribution in [2.24, 2.45) is 34.5 Å². The smallest absolute Gasteiger partial charge is 0.120 e. The lowest BCUT2D eigenvalue weighted by Gasteiger charge is -2.69. The Kier molecular flexibility index (Phi) is 4.82. The minimum absolute atomic E-state index is 0.00206. The maximum atomic E-state index is 12.5. The van der Waals surface area contributed by atoms with Gasteiger partial charge < -0.3 is 44.3 Å². The summed E-state index contributed by atoms with van der Waals surface area (Å²) >= 11 is 0. The van der Waals surface area contributed by atoms with E-state index in [4.69, 9.17) is 18.9 Å². The molecule has 33 heavy (non-hydrogen) atoms. The lowest BCUT2D eigenvalue weighted by Crippen LogP contribution is -2.79. The molecule has 0 radical (unpaired) electrons. The first kappa shape index (κ1) is 23.1. The van der Waals surface area contributed by atoms with Crippen LogP contribution in [0.25, 0.3) is 0 Å². The number of hydrogen-bond donors (Lipinski definition) is 4. The average molecular weight is 470 g/mol. The first-order valence-electron chi connectivity index (χ1n) is 12.2. The maximum absolute atomic E-state index is 12.5. The Hall–Kier alpha value is -0.360. The number of ether oxygens (including phenoxy) is 4. The van der Waals surface area contributed by atoms with Crippen molar-refractivity contribution in [3.05, 3.63) is 0 Å². The van der Waals surface area contributed by atoms with E-state index < -0.39 is 46.8 Å². The van der Waals surface area contributed by atoms with Crippen molar-refractivity contribution in [2.45, 2.75) is 67.0 Å². The van der Waals surface area contributed by atoms with Gasteiger partial charge in [0, 0.05) is 69.6 Å². The van der Waals surface area contributed by atoms with Crippen LogP contribution in [-0.2, 0) is 18.9 Å². The molecule has 0 aromatic rings. The number of rotatable bonds is 5. The van der Waals surface area contributed by atoms with Crippen LogP contribution in [0, 0.1) is 34.5 Å². The third-order valence-electron chi connectivity index (χ3n) is 11.3. The standard InChI is InChI=1S/C24H39NO8/c1-25-9-21(10-30-2)7-6-12(31-3)23-11-8-22(28)18(26)13(11)24(29,19(27)20(22)33-5)14(17(23)25)15(32-4)16(21)23/h11-20,26-29H,6-10H2,1-5H3/t11-,12?,13-,14?,15?,16-,17?,18-,19+,20+,21+,22-,23?,24-/m1/s1. The molecule has 6 fully saturated rings. The number of piperidine rings is 1. The van der Waals surface area contributed by atoms with Crippen LogP contribution in [0.15, 0.2) is 0 Å². The topological polar surface area (TPSA) is 121 Å². The average Bonchev–Trinajstić information content (AvgIpc) is 3.16. The molecular formula is C24H39NO8. The Morgan fingerprint density at radius 3 is 2.30 bits per heavy atom. The number of aliphatic hydroxyl groups is 4. The summed E-state index contributed by atoms with van der Waals surface area (Å²) in [6, 6.07) is -0.131. The van der Waals surface area contributed by atoms with Crippen LogP contribution in [0.3, 0.4) is 0 Å². The fourth-order valence-corrected chi connectivity index (χ4v) is 10.9. The molecule has 0 amide bonds. The number of methoxy groups -OCH3 is 4. The van der Waals surface area contributed by atoms with E-state index in [1.165, 1.54) is 7.11 Å². The SMILES string of the molecule is COC[C@@]12CCC(OC)C34C(C(C(OC)[C@@H]31)[C@]1(O)[C@@H]3[C@H]4C[C@@](O)([C@@H]3O)[C@@H](OC)[C@@H]1O)N(C)C2. The first-order valence-corrected chi connectivity index (χ1v) is 12.2. The van der Waals surface area contributed by atoms with E-state index in [9.17, 15) is 20.4 Å². The molecule has 5 unspecified atom stereocenters. The largest absolute Gasteiger partial charge is 0.390 e. The van der Waals surface area contributed by atoms with E-state index in [0.717, 1.165) is 19.4 Å². The first-order chi connectivity index (χ1) is 15.6. The van der Waals surface area contributed by atoms with Gasteiger partial charge in [0.25, 0.3) is 0 Å². The highest BCUT2D eigenvalue weighted by molar-refractivity contribution is 5.39. The molecule has 4 N–H and O–H groups in total. The normalized spacial score (nSPS) is 63.2. The molecule has 1 heterocycles. The minimum Gasteiger partial charge on any atom is -0.390 e. The van der Waals surface area contributed by atoms with Gasteiger partial charge in [0.15, 0.2) is 0 Å². The molecule has 1 spiro atoms. The zero-order chi connectivity index (χ0) is 23.7. The lowest BCUT2D eigenvalue weighted by atomic mass is 9.43. The highest BCUT2D eigenvalue weighted by Crippen LogP contribution is 2.79. The summed E-state index contributed by atoms with van der Waals surface area (Å²) < 4.78 is 23.9. The summed E-state index contributed by atoms with van der Waals surface area (Å²) in [4.78, 5) is 2.31. The predicted octanol–water partition coefficient (Wildman–Crippen LogP) is -1.15. The van der Waals surface area contributed by atoms with Gasteiger partial charge in [-0.25, -0.2) is 0 Å². The molecule has 14 atom stereocenters.